The van der Waals surface area contributed by atoms with Crippen LogP contribution in [-0.4, -0.2) is 5.91 Å². The molecule has 0 unspecified atom stereocenters. The predicted molar refractivity (Wildman–Crippen MR) is 69.9 cm³/mol. The summed E-state index contributed by atoms with van der Waals surface area (Å²) >= 11 is 0. The Morgan fingerprint density at radius 3 is 2.20 bits per heavy atom. The first-order chi connectivity index (χ1) is 9.51. The fourth-order valence-electron chi connectivity index (χ4n) is 1.55. The molecule has 1 amide bonds. The summed E-state index contributed by atoms with van der Waals surface area (Å²) in [5.74, 6) is -2.66. The van der Waals surface area contributed by atoms with Gasteiger partial charge in [0, 0.05) is 11.3 Å². The van der Waals surface area contributed by atoms with Crippen molar-refractivity contribution in [1.82, 2.24) is 0 Å². The Balaban J connectivity index is 2.21. The molecule has 0 spiro atoms. The second-order valence-electron chi connectivity index (χ2n) is 4.00. The molecule has 6 heteroatoms. The Kier molecular flexibility index (Phi) is 3.62. The van der Waals surface area contributed by atoms with Crippen LogP contribution in [0.25, 0.3) is 0 Å². The van der Waals surface area contributed by atoms with Crippen molar-refractivity contribution in [1.29, 1.82) is 5.26 Å². The molecule has 20 heavy (non-hydrogen) atoms. The zero-order valence-electron chi connectivity index (χ0n) is 10.2. The summed E-state index contributed by atoms with van der Waals surface area (Å²) in [5.41, 5.74) is 5.16. The van der Waals surface area contributed by atoms with Crippen LogP contribution >= 0.6 is 0 Å². The number of amides is 1. The number of rotatable bonds is 2. The van der Waals surface area contributed by atoms with Gasteiger partial charge in [0.2, 0.25) is 0 Å². The van der Waals surface area contributed by atoms with Crippen LogP contribution in [-0.2, 0) is 0 Å². The Morgan fingerprint density at radius 2 is 1.70 bits per heavy atom. The van der Waals surface area contributed by atoms with Gasteiger partial charge in [-0.05, 0) is 36.4 Å². The van der Waals surface area contributed by atoms with Crippen molar-refractivity contribution in [2.75, 3.05) is 11.1 Å². The quantitative estimate of drug-likeness (QED) is 0.825. The SMILES string of the molecule is N#Cc1ccc(NC(=O)c2cc(F)c(N)c(F)c2)cc1. The van der Waals surface area contributed by atoms with E-state index in [1.54, 1.807) is 0 Å². The van der Waals surface area contributed by atoms with Crippen molar-refractivity contribution in [3.8, 4) is 6.07 Å². The number of anilines is 2. The van der Waals surface area contributed by atoms with Gasteiger partial charge in [0.25, 0.3) is 5.91 Å². The third kappa shape index (κ3) is 2.72. The molecule has 0 aromatic heterocycles. The van der Waals surface area contributed by atoms with E-state index in [4.69, 9.17) is 11.0 Å². The number of halogens is 2. The molecular formula is C14H9F2N3O. The molecule has 0 fully saturated rings. The Bertz CT molecular complexity index is 682. The number of hydrogen-bond acceptors (Lipinski definition) is 3. The maximum Gasteiger partial charge on any atom is 0.255 e. The molecule has 0 bridgehead atoms. The van der Waals surface area contributed by atoms with Crippen LogP contribution in [0.4, 0.5) is 20.2 Å². The number of nitrogens with one attached hydrogen (secondary N) is 1. The van der Waals surface area contributed by atoms with E-state index in [9.17, 15) is 13.6 Å². The largest absolute Gasteiger partial charge is 0.394 e. The predicted octanol–water partition coefficient (Wildman–Crippen LogP) is 2.67. The molecular weight excluding hydrogens is 264 g/mol. The normalized spacial score (nSPS) is 9.85. The van der Waals surface area contributed by atoms with Gasteiger partial charge >= 0.3 is 0 Å². The van der Waals surface area contributed by atoms with E-state index in [1.807, 2.05) is 6.07 Å². The lowest BCUT2D eigenvalue weighted by molar-refractivity contribution is 0.102. The van der Waals surface area contributed by atoms with Crippen LogP contribution in [0.15, 0.2) is 36.4 Å². The van der Waals surface area contributed by atoms with E-state index < -0.39 is 23.2 Å². The highest BCUT2D eigenvalue weighted by atomic mass is 19.1. The smallest absolute Gasteiger partial charge is 0.255 e. The van der Waals surface area contributed by atoms with Crippen LogP contribution in [0.1, 0.15) is 15.9 Å². The number of benzene rings is 2. The van der Waals surface area contributed by atoms with Gasteiger partial charge in [0.05, 0.1) is 11.6 Å². The van der Waals surface area contributed by atoms with Crippen molar-refractivity contribution >= 4 is 17.3 Å². The minimum atomic E-state index is -0.991. The van der Waals surface area contributed by atoms with Gasteiger partial charge < -0.3 is 11.1 Å². The van der Waals surface area contributed by atoms with Crippen LogP contribution in [0.5, 0.6) is 0 Å². The molecule has 0 aliphatic rings. The van der Waals surface area contributed by atoms with Gasteiger partial charge in [0.1, 0.15) is 17.3 Å². The number of hydrogen-bond donors (Lipinski definition) is 2. The van der Waals surface area contributed by atoms with Crippen molar-refractivity contribution in [3.05, 3.63) is 59.2 Å². The molecule has 3 N–H and O–H groups in total. The molecule has 2 rings (SSSR count). The van der Waals surface area contributed by atoms with Crippen LogP contribution in [0, 0.1) is 23.0 Å². The number of nitrogens with zero attached hydrogens (tertiary/aromatic N) is 1. The van der Waals surface area contributed by atoms with Gasteiger partial charge in [-0.25, -0.2) is 8.78 Å². The highest BCUT2D eigenvalue weighted by molar-refractivity contribution is 6.04. The number of nitriles is 1. The van der Waals surface area contributed by atoms with Gasteiger partial charge in [-0.1, -0.05) is 0 Å². The van der Waals surface area contributed by atoms with E-state index in [1.165, 1.54) is 24.3 Å². The van der Waals surface area contributed by atoms with E-state index in [0.717, 1.165) is 12.1 Å². The molecule has 2 aromatic rings. The Hall–Kier alpha value is -2.94. The summed E-state index contributed by atoms with van der Waals surface area (Å²) in [6.45, 7) is 0. The Morgan fingerprint density at radius 1 is 1.15 bits per heavy atom. The lowest BCUT2D eigenvalue weighted by Gasteiger charge is -2.07. The number of carbonyl (C=O) groups excluding carboxylic acids is 1. The minimum absolute atomic E-state index is 0.182. The summed E-state index contributed by atoms with van der Waals surface area (Å²) in [5, 5.41) is 11.1. The maximum absolute atomic E-state index is 13.3. The molecule has 0 saturated heterocycles. The average molecular weight is 273 g/mol. The fourth-order valence-corrected chi connectivity index (χ4v) is 1.55. The highest BCUT2D eigenvalue weighted by Gasteiger charge is 2.13. The van der Waals surface area contributed by atoms with Crippen molar-refractivity contribution in [2.24, 2.45) is 0 Å². The molecule has 0 atom stereocenters. The minimum Gasteiger partial charge on any atom is -0.394 e. The lowest BCUT2D eigenvalue weighted by Crippen LogP contribution is -2.13. The van der Waals surface area contributed by atoms with Crippen molar-refractivity contribution < 1.29 is 13.6 Å². The van der Waals surface area contributed by atoms with Gasteiger partial charge in [0.15, 0.2) is 0 Å². The summed E-state index contributed by atoms with van der Waals surface area (Å²) in [6.07, 6.45) is 0. The summed E-state index contributed by atoms with van der Waals surface area (Å²) in [4.78, 5) is 11.8. The lowest BCUT2D eigenvalue weighted by atomic mass is 10.1. The summed E-state index contributed by atoms with van der Waals surface area (Å²) in [7, 11) is 0. The number of nitrogens with two attached hydrogens (primary N) is 1. The standard InChI is InChI=1S/C14H9F2N3O/c15-11-5-9(6-12(16)13(11)18)14(20)19-10-3-1-8(7-17)2-4-10/h1-6H,18H2,(H,19,20). The molecule has 0 saturated carbocycles. The Labute approximate surface area is 113 Å². The molecule has 0 heterocycles. The molecule has 100 valence electrons. The van der Waals surface area contributed by atoms with Crippen molar-refractivity contribution in [2.45, 2.75) is 0 Å². The van der Waals surface area contributed by atoms with E-state index in [-0.39, 0.29) is 5.56 Å². The monoisotopic (exact) mass is 273 g/mol. The van der Waals surface area contributed by atoms with Crippen LogP contribution < -0.4 is 11.1 Å². The first-order valence-corrected chi connectivity index (χ1v) is 5.57. The zero-order chi connectivity index (χ0) is 14.7. The van der Waals surface area contributed by atoms with Gasteiger partial charge in [-0.2, -0.15) is 5.26 Å². The topological polar surface area (TPSA) is 78.9 Å². The molecule has 4 nitrogen and oxygen atoms in total. The second kappa shape index (κ2) is 5.36. The second-order valence-corrected chi connectivity index (χ2v) is 4.00. The van der Waals surface area contributed by atoms with E-state index >= 15 is 0 Å². The third-order valence-electron chi connectivity index (χ3n) is 2.61. The average Bonchev–Trinajstić information content (AvgIpc) is 2.45. The molecule has 0 aliphatic carbocycles. The van der Waals surface area contributed by atoms with E-state index in [2.05, 4.69) is 5.32 Å². The molecule has 2 aromatic carbocycles. The maximum atomic E-state index is 13.3. The first kappa shape index (κ1) is 13.5. The van der Waals surface area contributed by atoms with Crippen molar-refractivity contribution in [3.63, 3.8) is 0 Å². The summed E-state index contributed by atoms with van der Waals surface area (Å²) < 4.78 is 26.5. The van der Waals surface area contributed by atoms with E-state index in [0.29, 0.717) is 11.3 Å². The molecule has 0 aliphatic heterocycles. The van der Waals surface area contributed by atoms with Crippen LogP contribution in [0.3, 0.4) is 0 Å². The number of nitrogen functional groups attached to an aromatic ring is 1. The highest BCUT2D eigenvalue weighted by Crippen LogP contribution is 2.18. The van der Waals surface area contributed by atoms with Crippen LogP contribution in [0.2, 0.25) is 0 Å². The number of carbonyl (C=O) groups is 1. The first-order valence-electron chi connectivity index (χ1n) is 5.57. The van der Waals surface area contributed by atoms with Gasteiger partial charge in [-0.3, -0.25) is 4.79 Å². The fraction of sp³-hybridized carbons (Fsp3) is 0. The zero-order valence-corrected chi connectivity index (χ0v) is 10.2. The summed E-state index contributed by atoms with van der Waals surface area (Å²) in [6, 6.07) is 9.71. The van der Waals surface area contributed by atoms with Gasteiger partial charge in [-0.15, -0.1) is 0 Å². The third-order valence-corrected chi connectivity index (χ3v) is 2.61. The molecule has 0 radical (unpaired) electrons.